The van der Waals surface area contributed by atoms with E-state index < -0.39 is 0 Å². The molecule has 3 heteroatoms. The fourth-order valence-electron chi connectivity index (χ4n) is 2.83. The van der Waals surface area contributed by atoms with Crippen molar-refractivity contribution in [1.82, 2.24) is 10.2 Å². The SMILES string of the molecule is CCC(CCc1ccco1)NCCN1CCCCC1. The van der Waals surface area contributed by atoms with Crippen LogP contribution in [0.25, 0.3) is 0 Å². The van der Waals surface area contributed by atoms with Gasteiger partial charge in [-0.05, 0) is 50.9 Å². The molecule has 1 aromatic heterocycles. The Labute approximate surface area is 117 Å². The third-order valence-electron chi connectivity index (χ3n) is 4.12. The number of hydrogen-bond donors (Lipinski definition) is 1. The van der Waals surface area contributed by atoms with E-state index in [1.54, 1.807) is 6.26 Å². The van der Waals surface area contributed by atoms with Gasteiger partial charge in [0.1, 0.15) is 5.76 Å². The lowest BCUT2D eigenvalue weighted by Crippen LogP contribution is -2.39. The highest BCUT2D eigenvalue weighted by atomic mass is 16.3. The van der Waals surface area contributed by atoms with Crippen LogP contribution < -0.4 is 5.32 Å². The van der Waals surface area contributed by atoms with Crippen molar-refractivity contribution >= 4 is 0 Å². The number of furan rings is 1. The lowest BCUT2D eigenvalue weighted by molar-refractivity contribution is 0.225. The second kappa shape index (κ2) is 8.39. The van der Waals surface area contributed by atoms with E-state index in [1.807, 2.05) is 6.07 Å². The van der Waals surface area contributed by atoms with Crippen LogP contribution in [0.5, 0.6) is 0 Å². The Morgan fingerprint density at radius 2 is 2.16 bits per heavy atom. The molecule has 0 amide bonds. The van der Waals surface area contributed by atoms with E-state index >= 15 is 0 Å². The number of aryl methyl sites for hydroxylation is 1. The Bertz CT molecular complexity index is 317. The maximum Gasteiger partial charge on any atom is 0.103 e. The second-order valence-corrected chi connectivity index (χ2v) is 5.58. The lowest BCUT2D eigenvalue weighted by atomic mass is 10.1. The third-order valence-corrected chi connectivity index (χ3v) is 4.12. The van der Waals surface area contributed by atoms with E-state index in [0.29, 0.717) is 6.04 Å². The molecule has 0 saturated carbocycles. The van der Waals surface area contributed by atoms with Crippen LogP contribution in [0.4, 0.5) is 0 Å². The molecule has 1 aromatic rings. The minimum absolute atomic E-state index is 0.620. The highest BCUT2D eigenvalue weighted by Gasteiger charge is 2.11. The van der Waals surface area contributed by atoms with Gasteiger partial charge in [0.05, 0.1) is 6.26 Å². The van der Waals surface area contributed by atoms with E-state index in [0.717, 1.165) is 18.7 Å². The van der Waals surface area contributed by atoms with Gasteiger partial charge in [-0.15, -0.1) is 0 Å². The van der Waals surface area contributed by atoms with E-state index in [9.17, 15) is 0 Å². The molecule has 0 aromatic carbocycles. The largest absolute Gasteiger partial charge is 0.469 e. The number of nitrogens with zero attached hydrogens (tertiary/aromatic N) is 1. The van der Waals surface area contributed by atoms with Gasteiger partial charge < -0.3 is 14.6 Å². The fraction of sp³-hybridized carbons (Fsp3) is 0.750. The summed E-state index contributed by atoms with van der Waals surface area (Å²) < 4.78 is 5.39. The smallest absolute Gasteiger partial charge is 0.103 e. The highest BCUT2D eigenvalue weighted by molar-refractivity contribution is 4.98. The van der Waals surface area contributed by atoms with Crippen molar-refractivity contribution in [2.24, 2.45) is 0 Å². The number of likely N-dealkylation sites (tertiary alicyclic amines) is 1. The molecule has 1 atom stereocenters. The molecule has 0 spiro atoms. The van der Waals surface area contributed by atoms with Crippen molar-refractivity contribution in [3.8, 4) is 0 Å². The Hall–Kier alpha value is -0.800. The van der Waals surface area contributed by atoms with Gasteiger partial charge in [0, 0.05) is 25.6 Å². The first-order valence-corrected chi connectivity index (χ1v) is 7.86. The molecule has 0 aliphatic carbocycles. The molecule has 1 aliphatic rings. The summed E-state index contributed by atoms with van der Waals surface area (Å²) in [5.41, 5.74) is 0. The maximum absolute atomic E-state index is 5.39. The lowest BCUT2D eigenvalue weighted by Gasteiger charge is -2.27. The van der Waals surface area contributed by atoms with Crippen LogP contribution >= 0.6 is 0 Å². The Morgan fingerprint density at radius 1 is 1.32 bits per heavy atom. The van der Waals surface area contributed by atoms with Crippen LogP contribution in [0.2, 0.25) is 0 Å². The van der Waals surface area contributed by atoms with Crippen molar-refractivity contribution in [2.75, 3.05) is 26.2 Å². The second-order valence-electron chi connectivity index (χ2n) is 5.58. The summed E-state index contributed by atoms with van der Waals surface area (Å²) in [6.45, 7) is 7.18. The first-order valence-electron chi connectivity index (χ1n) is 7.86. The summed E-state index contributed by atoms with van der Waals surface area (Å²) >= 11 is 0. The molecule has 1 unspecified atom stereocenters. The van der Waals surface area contributed by atoms with Crippen LogP contribution in [0.3, 0.4) is 0 Å². The Balaban J connectivity index is 1.59. The Kier molecular flexibility index (Phi) is 6.45. The van der Waals surface area contributed by atoms with E-state index in [2.05, 4.69) is 23.2 Å². The van der Waals surface area contributed by atoms with Crippen LogP contribution in [-0.2, 0) is 6.42 Å². The maximum atomic E-state index is 5.39. The van der Waals surface area contributed by atoms with Gasteiger partial charge in [-0.25, -0.2) is 0 Å². The molecule has 0 bridgehead atoms. The molecule has 2 heterocycles. The van der Waals surface area contributed by atoms with Crippen molar-refractivity contribution in [2.45, 2.75) is 51.5 Å². The fourth-order valence-corrected chi connectivity index (χ4v) is 2.83. The van der Waals surface area contributed by atoms with Gasteiger partial charge in [0.25, 0.3) is 0 Å². The third kappa shape index (κ3) is 5.37. The van der Waals surface area contributed by atoms with Crippen molar-refractivity contribution in [3.63, 3.8) is 0 Å². The van der Waals surface area contributed by atoms with Crippen molar-refractivity contribution < 1.29 is 4.42 Å². The molecule has 1 fully saturated rings. The number of piperidine rings is 1. The van der Waals surface area contributed by atoms with E-state index in [1.165, 1.54) is 51.7 Å². The summed E-state index contributed by atoms with van der Waals surface area (Å²) in [5.74, 6) is 1.11. The molecule has 108 valence electrons. The zero-order chi connectivity index (χ0) is 13.3. The average Bonchev–Trinajstić information content (AvgIpc) is 2.97. The first kappa shape index (κ1) is 14.6. The van der Waals surface area contributed by atoms with Crippen molar-refractivity contribution in [3.05, 3.63) is 24.2 Å². The summed E-state index contributed by atoms with van der Waals surface area (Å²) in [6.07, 6.45) is 9.36. The van der Waals surface area contributed by atoms with Crippen LogP contribution in [0.1, 0.15) is 44.8 Å². The topological polar surface area (TPSA) is 28.4 Å². The molecule has 1 N–H and O–H groups in total. The summed E-state index contributed by atoms with van der Waals surface area (Å²) in [5, 5.41) is 3.70. The highest BCUT2D eigenvalue weighted by Crippen LogP contribution is 2.09. The van der Waals surface area contributed by atoms with Gasteiger partial charge in [0.15, 0.2) is 0 Å². The molecule has 1 saturated heterocycles. The molecule has 0 radical (unpaired) electrons. The predicted octanol–water partition coefficient (Wildman–Crippen LogP) is 3.07. The van der Waals surface area contributed by atoms with Gasteiger partial charge in [-0.3, -0.25) is 0 Å². The number of rotatable bonds is 8. The molecule has 1 aliphatic heterocycles. The van der Waals surface area contributed by atoms with E-state index in [-0.39, 0.29) is 0 Å². The van der Waals surface area contributed by atoms with Gasteiger partial charge in [-0.1, -0.05) is 13.3 Å². The van der Waals surface area contributed by atoms with Crippen LogP contribution in [0.15, 0.2) is 22.8 Å². The molecular weight excluding hydrogens is 236 g/mol. The predicted molar refractivity (Wildman–Crippen MR) is 79.4 cm³/mol. The van der Waals surface area contributed by atoms with Crippen LogP contribution in [0, 0.1) is 0 Å². The Morgan fingerprint density at radius 3 is 2.84 bits per heavy atom. The monoisotopic (exact) mass is 264 g/mol. The summed E-state index contributed by atoms with van der Waals surface area (Å²) in [4.78, 5) is 2.59. The molecule has 3 nitrogen and oxygen atoms in total. The number of nitrogens with one attached hydrogen (secondary N) is 1. The first-order chi connectivity index (χ1) is 9.38. The average molecular weight is 264 g/mol. The summed E-state index contributed by atoms with van der Waals surface area (Å²) in [6, 6.07) is 4.66. The minimum atomic E-state index is 0.620. The van der Waals surface area contributed by atoms with Crippen molar-refractivity contribution in [1.29, 1.82) is 0 Å². The molecule has 2 rings (SSSR count). The van der Waals surface area contributed by atoms with Gasteiger partial charge in [-0.2, -0.15) is 0 Å². The zero-order valence-electron chi connectivity index (χ0n) is 12.2. The standard InChI is InChI=1S/C16H28N2O/c1-2-15(8-9-16-7-6-14-19-16)17-10-13-18-11-4-3-5-12-18/h6-7,14-15,17H,2-5,8-13H2,1H3. The molecule has 19 heavy (non-hydrogen) atoms. The zero-order valence-corrected chi connectivity index (χ0v) is 12.2. The van der Waals surface area contributed by atoms with Gasteiger partial charge in [0.2, 0.25) is 0 Å². The normalized spacial score (nSPS) is 18.6. The van der Waals surface area contributed by atoms with Crippen LogP contribution in [-0.4, -0.2) is 37.1 Å². The minimum Gasteiger partial charge on any atom is -0.469 e. The van der Waals surface area contributed by atoms with Gasteiger partial charge >= 0.3 is 0 Å². The molecular formula is C16H28N2O. The van der Waals surface area contributed by atoms with E-state index in [4.69, 9.17) is 4.42 Å². The summed E-state index contributed by atoms with van der Waals surface area (Å²) in [7, 11) is 0. The number of hydrogen-bond acceptors (Lipinski definition) is 3. The quantitative estimate of drug-likeness (QED) is 0.782.